The highest BCUT2D eigenvalue weighted by Gasteiger charge is 2.19. The van der Waals surface area contributed by atoms with Gasteiger partial charge in [0.1, 0.15) is 11.0 Å². The molecule has 0 amide bonds. The zero-order valence-corrected chi connectivity index (χ0v) is 10.3. The number of hydrogen-bond acceptors (Lipinski definition) is 3. The Labute approximate surface area is 101 Å². The molecule has 88 valence electrons. The summed E-state index contributed by atoms with van der Waals surface area (Å²) in [5.74, 6) is 1.92. The Morgan fingerprint density at radius 2 is 2.06 bits per heavy atom. The Bertz CT molecular complexity index is 351. The van der Waals surface area contributed by atoms with Crippen LogP contribution in [0.3, 0.4) is 0 Å². The molecule has 16 heavy (non-hydrogen) atoms. The van der Waals surface area contributed by atoms with Crippen molar-refractivity contribution in [2.45, 2.75) is 44.9 Å². The van der Waals surface area contributed by atoms with E-state index in [9.17, 15) is 0 Å². The number of halogens is 1. The van der Waals surface area contributed by atoms with E-state index in [0.717, 1.165) is 5.82 Å². The maximum Gasteiger partial charge on any atom is 0.218 e. The predicted octanol–water partition coefficient (Wildman–Crippen LogP) is 3.58. The summed E-state index contributed by atoms with van der Waals surface area (Å²) in [5, 5.41) is 0.485. The van der Waals surface area contributed by atoms with Crippen LogP contribution in [-0.2, 0) is 0 Å². The van der Waals surface area contributed by atoms with Gasteiger partial charge >= 0.3 is 0 Å². The minimum absolute atomic E-state index is 0.464. The number of rotatable bonds is 3. The van der Waals surface area contributed by atoms with Crippen LogP contribution < -0.4 is 4.74 Å². The van der Waals surface area contributed by atoms with E-state index in [1.807, 2.05) is 6.92 Å². The van der Waals surface area contributed by atoms with E-state index in [2.05, 4.69) is 9.97 Å². The summed E-state index contributed by atoms with van der Waals surface area (Å²) in [6.45, 7) is 2.55. The Hall–Kier alpha value is -0.830. The van der Waals surface area contributed by atoms with Crippen molar-refractivity contribution in [3.05, 3.63) is 17.0 Å². The Morgan fingerprint density at radius 1 is 1.31 bits per heavy atom. The summed E-state index contributed by atoms with van der Waals surface area (Å²) in [7, 11) is 0. The molecule has 1 aromatic rings. The first-order valence-corrected chi connectivity index (χ1v) is 6.34. The van der Waals surface area contributed by atoms with Crippen molar-refractivity contribution < 1.29 is 4.74 Å². The van der Waals surface area contributed by atoms with Crippen molar-refractivity contribution in [2.75, 3.05) is 6.61 Å². The summed E-state index contributed by atoms with van der Waals surface area (Å²) in [5.41, 5.74) is 0. The highest BCUT2D eigenvalue weighted by Crippen LogP contribution is 2.32. The lowest BCUT2D eigenvalue weighted by molar-refractivity contribution is 0.321. The van der Waals surface area contributed by atoms with E-state index in [1.54, 1.807) is 6.07 Å². The molecule has 0 N–H and O–H groups in total. The highest BCUT2D eigenvalue weighted by molar-refractivity contribution is 6.29. The summed E-state index contributed by atoms with van der Waals surface area (Å²) >= 11 is 5.97. The van der Waals surface area contributed by atoms with Gasteiger partial charge in [0.2, 0.25) is 5.88 Å². The molecule has 4 heteroatoms. The van der Waals surface area contributed by atoms with Gasteiger partial charge in [-0.1, -0.05) is 30.9 Å². The summed E-state index contributed by atoms with van der Waals surface area (Å²) in [6, 6.07) is 1.68. The molecule has 0 spiro atoms. The Kier molecular flexibility index (Phi) is 3.99. The molecule has 1 aromatic heterocycles. The molecule has 1 saturated carbocycles. The van der Waals surface area contributed by atoms with Crippen LogP contribution in [0.1, 0.15) is 50.8 Å². The van der Waals surface area contributed by atoms with Crippen LogP contribution in [-0.4, -0.2) is 16.6 Å². The first-order chi connectivity index (χ1) is 7.79. The molecule has 1 aliphatic rings. The monoisotopic (exact) mass is 240 g/mol. The number of aromatic nitrogens is 2. The van der Waals surface area contributed by atoms with Crippen molar-refractivity contribution in [1.82, 2.24) is 9.97 Å². The van der Waals surface area contributed by atoms with Crippen LogP contribution in [0.5, 0.6) is 5.88 Å². The van der Waals surface area contributed by atoms with Crippen molar-refractivity contribution in [1.29, 1.82) is 0 Å². The van der Waals surface area contributed by atoms with Crippen molar-refractivity contribution in [3.8, 4) is 5.88 Å². The average molecular weight is 241 g/mol. The molecule has 0 bridgehead atoms. The van der Waals surface area contributed by atoms with Gasteiger partial charge in [-0.15, -0.1) is 0 Å². The van der Waals surface area contributed by atoms with Gasteiger partial charge in [-0.05, 0) is 19.8 Å². The van der Waals surface area contributed by atoms with Gasteiger partial charge in [-0.25, -0.2) is 4.98 Å². The fraction of sp³-hybridized carbons (Fsp3) is 0.667. The maximum atomic E-state index is 5.97. The van der Waals surface area contributed by atoms with Crippen LogP contribution in [0.2, 0.25) is 5.15 Å². The first-order valence-electron chi connectivity index (χ1n) is 5.97. The third kappa shape index (κ3) is 2.85. The SMILES string of the molecule is CCOc1cc(Cl)nc(C2CCCCC2)n1. The lowest BCUT2D eigenvalue weighted by atomic mass is 9.89. The lowest BCUT2D eigenvalue weighted by Crippen LogP contribution is -2.10. The zero-order chi connectivity index (χ0) is 11.4. The fourth-order valence-electron chi connectivity index (χ4n) is 2.18. The van der Waals surface area contributed by atoms with E-state index in [-0.39, 0.29) is 0 Å². The van der Waals surface area contributed by atoms with E-state index in [4.69, 9.17) is 16.3 Å². The molecule has 1 aliphatic carbocycles. The van der Waals surface area contributed by atoms with E-state index in [1.165, 1.54) is 32.1 Å². The van der Waals surface area contributed by atoms with Gasteiger partial charge in [-0.3, -0.25) is 0 Å². The molecule has 2 rings (SSSR count). The van der Waals surface area contributed by atoms with Gasteiger partial charge in [0.05, 0.1) is 6.61 Å². The lowest BCUT2D eigenvalue weighted by Gasteiger charge is -2.20. The van der Waals surface area contributed by atoms with Crippen LogP contribution >= 0.6 is 11.6 Å². The van der Waals surface area contributed by atoms with Crippen molar-refractivity contribution in [2.24, 2.45) is 0 Å². The second-order valence-electron chi connectivity index (χ2n) is 4.16. The standard InChI is InChI=1S/C12H17ClN2O/c1-2-16-11-8-10(13)14-12(15-11)9-6-4-3-5-7-9/h8-9H,2-7H2,1H3. The summed E-state index contributed by atoms with van der Waals surface area (Å²) in [4.78, 5) is 8.74. The highest BCUT2D eigenvalue weighted by atomic mass is 35.5. The molecule has 1 fully saturated rings. The van der Waals surface area contributed by atoms with Crippen molar-refractivity contribution >= 4 is 11.6 Å². The summed E-state index contributed by atoms with van der Waals surface area (Å²) in [6.07, 6.45) is 6.21. The fourth-order valence-corrected chi connectivity index (χ4v) is 2.36. The molecule has 0 aliphatic heterocycles. The first kappa shape index (κ1) is 11.6. The van der Waals surface area contributed by atoms with Gasteiger partial charge in [0.25, 0.3) is 0 Å². The largest absolute Gasteiger partial charge is 0.478 e. The molecule has 1 heterocycles. The average Bonchev–Trinajstić information content (AvgIpc) is 2.30. The van der Waals surface area contributed by atoms with Crippen LogP contribution in [0.25, 0.3) is 0 Å². The molecule has 0 aromatic carbocycles. The summed E-state index contributed by atoms with van der Waals surface area (Å²) < 4.78 is 5.38. The van der Waals surface area contributed by atoms with Gasteiger partial charge in [0.15, 0.2) is 0 Å². The van der Waals surface area contributed by atoms with Crippen LogP contribution in [0.4, 0.5) is 0 Å². The Morgan fingerprint density at radius 3 is 2.75 bits per heavy atom. The number of ether oxygens (including phenoxy) is 1. The van der Waals surface area contributed by atoms with E-state index >= 15 is 0 Å². The topological polar surface area (TPSA) is 35.0 Å². The minimum Gasteiger partial charge on any atom is -0.478 e. The molecule has 0 radical (unpaired) electrons. The molecule has 0 atom stereocenters. The smallest absolute Gasteiger partial charge is 0.218 e. The van der Waals surface area contributed by atoms with Crippen LogP contribution in [0.15, 0.2) is 6.07 Å². The van der Waals surface area contributed by atoms with Crippen molar-refractivity contribution in [3.63, 3.8) is 0 Å². The van der Waals surface area contributed by atoms with Gasteiger partial charge in [0, 0.05) is 12.0 Å². The predicted molar refractivity (Wildman–Crippen MR) is 64.0 cm³/mol. The second-order valence-corrected chi connectivity index (χ2v) is 4.54. The van der Waals surface area contributed by atoms with E-state index in [0.29, 0.717) is 23.6 Å². The third-order valence-corrected chi connectivity index (χ3v) is 3.14. The molecular weight excluding hydrogens is 224 g/mol. The van der Waals surface area contributed by atoms with E-state index < -0.39 is 0 Å². The Balaban J connectivity index is 2.18. The quantitative estimate of drug-likeness (QED) is 0.758. The minimum atomic E-state index is 0.464. The normalized spacial score (nSPS) is 17.4. The third-order valence-electron chi connectivity index (χ3n) is 2.95. The van der Waals surface area contributed by atoms with Crippen LogP contribution in [0, 0.1) is 0 Å². The molecule has 0 unspecified atom stereocenters. The molecule has 3 nitrogen and oxygen atoms in total. The molecule has 0 saturated heterocycles. The molecular formula is C12H17ClN2O. The zero-order valence-electron chi connectivity index (χ0n) is 9.58. The maximum absolute atomic E-state index is 5.97. The number of hydrogen-bond donors (Lipinski definition) is 0. The van der Waals surface area contributed by atoms with Gasteiger partial charge < -0.3 is 4.74 Å². The van der Waals surface area contributed by atoms with Gasteiger partial charge in [-0.2, -0.15) is 4.98 Å². The second kappa shape index (κ2) is 5.48. The number of nitrogens with zero attached hydrogens (tertiary/aromatic N) is 2.